The number of amides is 1. The van der Waals surface area contributed by atoms with Crippen molar-refractivity contribution in [2.24, 2.45) is 5.92 Å². The van der Waals surface area contributed by atoms with Crippen molar-refractivity contribution >= 4 is 35.1 Å². The minimum absolute atomic E-state index is 0.0586. The van der Waals surface area contributed by atoms with Crippen molar-refractivity contribution in [3.05, 3.63) is 29.8 Å². The zero-order valence-corrected chi connectivity index (χ0v) is 13.7. The van der Waals surface area contributed by atoms with E-state index < -0.39 is 0 Å². The molecule has 0 atom stereocenters. The maximum atomic E-state index is 11.9. The van der Waals surface area contributed by atoms with Gasteiger partial charge in [0.2, 0.25) is 5.91 Å². The van der Waals surface area contributed by atoms with Crippen LogP contribution in [0.2, 0.25) is 0 Å². The summed E-state index contributed by atoms with van der Waals surface area (Å²) in [6, 6.07) is 8.20. The van der Waals surface area contributed by atoms with Crippen LogP contribution in [-0.4, -0.2) is 30.6 Å². The van der Waals surface area contributed by atoms with Gasteiger partial charge >= 0.3 is 0 Å². The number of nitrogens with one attached hydrogen (secondary N) is 1. The monoisotopic (exact) mass is 323 g/mol. The average Bonchev–Trinajstić information content (AvgIpc) is 3.33. The molecule has 1 saturated heterocycles. The molecule has 2 fully saturated rings. The van der Waals surface area contributed by atoms with Crippen LogP contribution in [0.5, 0.6) is 0 Å². The van der Waals surface area contributed by atoms with Gasteiger partial charge in [0.1, 0.15) is 6.61 Å². The second-order valence-electron chi connectivity index (χ2n) is 5.56. The van der Waals surface area contributed by atoms with Gasteiger partial charge in [0.25, 0.3) is 0 Å². The molecular formula is C16H21NO2S2. The van der Waals surface area contributed by atoms with E-state index in [2.05, 4.69) is 17.4 Å². The number of carbonyl (C=O) groups excluding carboxylic acids is 1. The molecule has 3 rings (SSSR count). The fourth-order valence-corrected chi connectivity index (χ4v) is 5.12. The van der Waals surface area contributed by atoms with Gasteiger partial charge in [-0.1, -0.05) is 12.1 Å². The van der Waals surface area contributed by atoms with Crippen LogP contribution in [0.15, 0.2) is 24.3 Å². The van der Waals surface area contributed by atoms with E-state index in [4.69, 9.17) is 4.74 Å². The van der Waals surface area contributed by atoms with Crippen molar-refractivity contribution in [2.45, 2.75) is 23.8 Å². The van der Waals surface area contributed by atoms with Gasteiger partial charge in [-0.05, 0) is 54.4 Å². The molecule has 2 aliphatic rings. The summed E-state index contributed by atoms with van der Waals surface area (Å²) < 4.78 is 5.92. The van der Waals surface area contributed by atoms with Gasteiger partial charge in [-0.25, -0.2) is 0 Å². The Kier molecular flexibility index (Phi) is 5.49. The average molecular weight is 323 g/mol. The lowest BCUT2D eigenvalue weighted by Crippen LogP contribution is -2.19. The van der Waals surface area contributed by atoms with Gasteiger partial charge in [0.15, 0.2) is 0 Å². The molecule has 1 N–H and O–H groups in total. The van der Waals surface area contributed by atoms with E-state index >= 15 is 0 Å². The summed E-state index contributed by atoms with van der Waals surface area (Å²) in [7, 11) is 0. The predicted molar refractivity (Wildman–Crippen MR) is 90.9 cm³/mol. The summed E-state index contributed by atoms with van der Waals surface area (Å²) in [5.41, 5.74) is 2.17. The smallest absolute Gasteiger partial charge is 0.250 e. The fraction of sp³-hybridized carbons (Fsp3) is 0.562. The highest BCUT2D eigenvalue weighted by Crippen LogP contribution is 2.44. The minimum Gasteiger partial charge on any atom is -0.371 e. The summed E-state index contributed by atoms with van der Waals surface area (Å²) in [5, 5.41) is 2.93. The largest absolute Gasteiger partial charge is 0.371 e. The highest BCUT2D eigenvalue weighted by Gasteiger charge is 2.21. The summed E-state index contributed by atoms with van der Waals surface area (Å²) in [4.78, 5) is 11.9. The van der Waals surface area contributed by atoms with Crippen LogP contribution < -0.4 is 5.32 Å². The molecule has 1 aromatic rings. The first-order valence-corrected chi connectivity index (χ1v) is 9.62. The van der Waals surface area contributed by atoms with Gasteiger partial charge in [0, 0.05) is 5.69 Å². The Balaban J connectivity index is 1.50. The van der Waals surface area contributed by atoms with Crippen molar-refractivity contribution in [2.75, 3.05) is 30.0 Å². The number of anilines is 1. The number of ether oxygens (including phenoxy) is 1. The van der Waals surface area contributed by atoms with Gasteiger partial charge in [0.05, 0.1) is 11.2 Å². The lowest BCUT2D eigenvalue weighted by molar-refractivity contribution is -0.120. The van der Waals surface area contributed by atoms with Crippen molar-refractivity contribution in [3.8, 4) is 0 Å². The standard InChI is InChI=1S/C16H21NO2S2/c18-15(11-19-10-12-5-6-12)17-14-4-1-3-13(9-14)16-20-7-2-8-21-16/h1,3-4,9,12,16H,2,5-8,10-11H2,(H,17,18). The van der Waals surface area contributed by atoms with Crippen LogP contribution in [0, 0.1) is 5.92 Å². The van der Waals surface area contributed by atoms with Crippen LogP contribution >= 0.6 is 23.5 Å². The Labute approximate surface area is 134 Å². The van der Waals surface area contributed by atoms with Crippen LogP contribution in [0.4, 0.5) is 5.69 Å². The number of thioether (sulfide) groups is 2. The van der Waals surface area contributed by atoms with Crippen molar-refractivity contribution < 1.29 is 9.53 Å². The number of carbonyl (C=O) groups is 1. The molecular weight excluding hydrogens is 302 g/mol. The molecule has 1 saturated carbocycles. The Bertz CT molecular complexity index is 485. The molecule has 0 bridgehead atoms. The topological polar surface area (TPSA) is 38.3 Å². The highest BCUT2D eigenvalue weighted by atomic mass is 32.2. The lowest BCUT2D eigenvalue weighted by Gasteiger charge is -2.21. The zero-order chi connectivity index (χ0) is 14.5. The molecule has 1 heterocycles. The molecule has 114 valence electrons. The fourth-order valence-electron chi connectivity index (χ4n) is 2.24. The molecule has 0 radical (unpaired) electrons. The number of rotatable bonds is 6. The third-order valence-electron chi connectivity index (χ3n) is 3.55. The van der Waals surface area contributed by atoms with Crippen LogP contribution in [0.1, 0.15) is 29.4 Å². The SMILES string of the molecule is O=C(COCC1CC1)Nc1cccc(C2SCCCS2)c1. The van der Waals surface area contributed by atoms with Crippen molar-refractivity contribution in [1.82, 2.24) is 0 Å². The highest BCUT2D eigenvalue weighted by molar-refractivity contribution is 8.16. The van der Waals surface area contributed by atoms with Crippen LogP contribution in [0.25, 0.3) is 0 Å². The van der Waals surface area contributed by atoms with Gasteiger partial charge in [-0.15, -0.1) is 23.5 Å². The Morgan fingerprint density at radius 1 is 1.29 bits per heavy atom. The Morgan fingerprint density at radius 3 is 2.86 bits per heavy atom. The van der Waals surface area contributed by atoms with Gasteiger partial charge in [-0.2, -0.15) is 0 Å². The van der Waals surface area contributed by atoms with Crippen molar-refractivity contribution in [1.29, 1.82) is 0 Å². The van der Waals surface area contributed by atoms with E-state index in [0.29, 0.717) is 10.5 Å². The van der Waals surface area contributed by atoms with E-state index in [1.807, 2.05) is 35.7 Å². The van der Waals surface area contributed by atoms with Gasteiger partial charge < -0.3 is 10.1 Å². The third-order valence-corrected chi connectivity index (χ3v) is 6.57. The molecule has 0 aromatic heterocycles. The number of hydrogen-bond donors (Lipinski definition) is 1. The Hall–Kier alpha value is -0.650. The maximum absolute atomic E-state index is 11.9. The van der Waals surface area contributed by atoms with E-state index in [0.717, 1.165) is 12.3 Å². The number of benzene rings is 1. The van der Waals surface area contributed by atoms with E-state index in [-0.39, 0.29) is 12.5 Å². The second kappa shape index (κ2) is 7.56. The molecule has 0 unspecified atom stereocenters. The summed E-state index contributed by atoms with van der Waals surface area (Å²) in [5.74, 6) is 3.09. The number of hydrogen-bond acceptors (Lipinski definition) is 4. The molecule has 1 amide bonds. The van der Waals surface area contributed by atoms with Gasteiger partial charge in [-0.3, -0.25) is 4.79 Å². The van der Waals surface area contributed by atoms with E-state index in [1.54, 1.807) is 0 Å². The van der Waals surface area contributed by atoms with E-state index in [1.165, 1.54) is 36.3 Å². The molecule has 1 aliphatic carbocycles. The summed E-state index contributed by atoms with van der Waals surface area (Å²) >= 11 is 3.99. The molecule has 0 spiro atoms. The summed E-state index contributed by atoms with van der Waals surface area (Å²) in [6.07, 6.45) is 3.79. The lowest BCUT2D eigenvalue weighted by atomic mass is 10.2. The zero-order valence-electron chi connectivity index (χ0n) is 12.0. The third kappa shape index (κ3) is 4.94. The van der Waals surface area contributed by atoms with E-state index in [9.17, 15) is 4.79 Å². The maximum Gasteiger partial charge on any atom is 0.250 e. The van der Waals surface area contributed by atoms with Crippen LogP contribution in [-0.2, 0) is 9.53 Å². The predicted octanol–water partition coefficient (Wildman–Crippen LogP) is 3.92. The minimum atomic E-state index is -0.0586. The quantitative estimate of drug-likeness (QED) is 0.861. The normalized spacial score (nSPS) is 19.4. The molecule has 5 heteroatoms. The molecule has 1 aromatic carbocycles. The first-order chi connectivity index (χ1) is 10.3. The Morgan fingerprint density at radius 2 is 2.10 bits per heavy atom. The first kappa shape index (κ1) is 15.3. The summed E-state index contributed by atoms with van der Waals surface area (Å²) in [6.45, 7) is 0.885. The molecule has 21 heavy (non-hydrogen) atoms. The molecule has 3 nitrogen and oxygen atoms in total. The molecule has 1 aliphatic heterocycles. The second-order valence-corrected chi connectivity index (χ2v) is 8.28. The van der Waals surface area contributed by atoms with Crippen molar-refractivity contribution in [3.63, 3.8) is 0 Å². The van der Waals surface area contributed by atoms with Crippen LogP contribution in [0.3, 0.4) is 0 Å². The first-order valence-electron chi connectivity index (χ1n) is 7.52.